The quantitative estimate of drug-likeness (QED) is 0.501. The van der Waals surface area contributed by atoms with Crippen molar-refractivity contribution in [3.05, 3.63) is 71.1 Å². The summed E-state index contributed by atoms with van der Waals surface area (Å²) in [7, 11) is 0. The minimum absolute atomic E-state index is 0.380. The molecule has 2 aromatic rings. The lowest BCUT2D eigenvalue weighted by molar-refractivity contribution is 0.0953. The van der Waals surface area contributed by atoms with Gasteiger partial charge < -0.3 is 4.74 Å². The van der Waals surface area contributed by atoms with Crippen LogP contribution in [0.15, 0.2) is 64.9 Å². The molecule has 0 fully saturated rings. The maximum atomic E-state index is 11.3. The maximum absolute atomic E-state index is 11.3. The fraction of sp³-hybridized carbons (Fsp3) is 0.118. The van der Waals surface area contributed by atoms with Gasteiger partial charge >= 0.3 is 0 Å². The average molecular weight is 308 g/mol. The van der Waals surface area contributed by atoms with Gasteiger partial charge in [0.05, 0.1) is 11.3 Å². The lowest BCUT2D eigenvalue weighted by atomic mass is 9.97. The molecule has 0 unspecified atom stereocenters. The number of nitrogen functional groups attached to an aromatic ring is 1. The number of carbonyl (C=O) groups is 1. The van der Waals surface area contributed by atoms with Gasteiger partial charge in [-0.25, -0.2) is 10.8 Å². The van der Waals surface area contributed by atoms with E-state index in [1.54, 1.807) is 12.1 Å². The first-order chi connectivity index (χ1) is 11.2. The molecular weight excluding hydrogens is 292 g/mol. The van der Waals surface area contributed by atoms with Gasteiger partial charge in [0.1, 0.15) is 6.61 Å². The highest BCUT2D eigenvalue weighted by Crippen LogP contribution is 2.25. The summed E-state index contributed by atoms with van der Waals surface area (Å²) in [4.78, 5) is 19.9. The van der Waals surface area contributed by atoms with E-state index in [0.29, 0.717) is 18.1 Å². The zero-order valence-corrected chi connectivity index (χ0v) is 12.6. The molecule has 3 rings (SSSR count). The van der Waals surface area contributed by atoms with Crippen molar-refractivity contribution in [2.24, 2.45) is 10.8 Å². The largest absolute Gasteiger partial charge is 0.473 e. The summed E-state index contributed by atoms with van der Waals surface area (Å²) in [5.41, 5.74) is 6.47. The summed E-state index contributed by atoms with van der Waals surface area (Å²) in [6.45, 7) is 2.34. The molecule has 6 heteroatoms. The molecule has 1 aromatic heterocycles. The molecule has 1 aliphatic rings. The number of pyridine rings is 1. The lowest BCUT2D eigenvalue weighted by Crippen LogP contribution is -2.30. The minimum Gasteiger partial charge on any atom is -0.473 e. The highest BCUT2D eigenvalue weighted by molar-refractivity contribution is 6.17. The van der Waals surface area contributed by atoms with Crippen LogP contribution in [-0.2, 0) is 0 Å². The zero-order valence-electron chi connectivity index (χ0n) is 12.6. The molecule has 0 spiro atoms. The number of nitrogens with two attached hydrogens (primary N) is 1. The number of allylic oxidation sites excluding steroid dienone is 1. The molecule has 0 bridgehead atoms. The van der Waals surface area contributed by atoms with Crippen LogP contribution < -0.4 is 16.0 Å². The number of ether oxygens (including phenoxy) is 1. The molecular formula is C17H16N4O2. The summed E-state index contributed by atoms with van der Waals surface area (Å²) in [6, 6.07) is 13.2. The van der Waals surface area contributed by atoms with E-state index in [1.807, 2.05) is 37.3 Å². The van der Waals surface area contributed by atoms with Gasteiger partial charge in [0.25, 0.3) is 5.91 Å². The standard InChI is InChI=1S/C17H16N4O2/c1-11-14(16(20-11)12-5-3-2-4-6-12)10-23-15-8-7-13(9-19-15)17(22)21-18/h2-9H,10,18H2,1H3,(H,21,22). The van der Waals surface area contributed by atoms with Crippen molar-refractivity contribution < 1.29 is 9.53 Å². The molecule has 3 N–H and O–H groups in total. The van der Waals surface area contributed by atoms with Crippen LogP contribution in [-0.4, -0.2) is 23.2 Å². The fourth-order valence-electron chi connectivity index (χ4n) is 2.26. The summed E-state index contributed by atoms with van der Waals surface area (Å²) < 4.78 is 5.69. The smallest absolute Gasteiger partial charge is 0.266 e. The van der Waals surface area contributed by atoms with Gasteiger partial charge in [0, 0.05) is 29.1 Å². The topological polar surface area (TPSA) is 89.6 Å². The fourth-order valence-corrected chi connectivity index (χ4v) is 2.26. The van der Waals surface area contributed by atoms with Crippen molar-refractivity contribution in [1.29, 1.82) is 0 Å². The van der Waals surface area contributed by atoms with E-state index in [2.05, 4.69) is 15.4 Å². The normalized spacial score (nSPS) is 13.2. The van der Waals surface area contributed by atoms with Crippen LogP contribution in [0.3, 0.4) is 0 Å². The first-order valence-corrected chi connectivity index (χ1v) is 7.13. The van der Waals surface area contributed by atoms with E-state index in [9.17, 15) is 4.79 Å². The Balaban J connectivity index is 1.64. The molecule has 0 radical (unpaired) electrons. The SMILES string of the molecule is CC1=C(COc2ccc(C(=O)NN)cn2)C(c2ccccc2)=N1. The number of aliphatic imine (C=N–C) groups is 1. The van der Waals surface area contributed by atoms with Crippen molar-refractivity contribution in [1.82, 2.24) is 10.4 Å². The monoisotopic (exact) mass is 308 g/mol. The highest BCUT2D eigenvalue weighted by atomic mass is 16.5. The van der Waals surface area contributed by atoms with E-state index in [-0.39, 0.29) is 5.91 Å². The highest BCUT2D eigenvalue weighted by Gasteiger charge is 2.21. The van der Waals surface area contributed by atoms with E-state index < -0.39 is 0 Å². The summed E-state index contributed by atoms with van der Waals surface area (Å²) >= 11 is 0. The number of nitrogens with zero attached hydrogens (tertiary/aromatic N) is 2. The van der Waals surface area contributed by atoms with Crippen LogP contribution in [0.25, 0.3) is 0 Å². The second-order valence-corrected chi connectivity index (χ2v) is 5.04. The lowest BCUT2D eigenvalue weighted by Gasteiger charge is -2.21. The number of hydrogen-bond donors (Lipinski definition) is 2. The first-order valence-electron chi connectivity index (χ1n) is 7.13. The van der Waals surface area contributed by atoms with Crippen molar-refractivity contribution in [3.63, 3.8) is 0 Å². The Kier molecular flexibility index (Phi) is 4.16. The van der Waals surface area contributed by atoms with Crippen LogP contribution >= 0.6 is 0 Å². The van der Waals surface area contributed by atoms with E-state index in [0.717, 1.165) is 22.5 Å². The second kappa shape index (κ2) is 6.41. The van der Waals surface area contributed by atoms with Gasteiger partial charge in [0.15, 0.2) is 0 Å². The molecule has 1 aromatic carbocycles. The molecule has 6 nitrogen and oxygen atoms in total. The Bertz CT molecular complexity index is 780. The minimum atomic E-state index is -0.389. The number of aromatic nitrogens is 1. The Labute approximate surface area is 133 Å². The third-order valence-corrected chi connectivity index (χ3v) is 3.54. The average Bonchev–Trinajstić information content (AvgIpc) is 2.60. The van der Waals surface area contributed by atoms with Gasteiger partial charge in [-0.1, -0.05) is 30.3 Å². The summed E-state index contributed by atoms with van der Waals surface area (Å²) in [6.07, 6.45) is 1.42. The van der Waals surface area contributed by atoms with Gasteiger partial charge in [-0.15, -0.1) is 0 Å². The molecule has 0 saturated heterocycles. The van der Waals surface area contributed by atoms with E-state index in [1.165, 1.54) is 6.20 Å². The van der Waals surface area contributed by atoms with Crippen molar-refractivity contribution >= 4 is 11.6 Å². The molecule has 0 atom stereocenters. The number of nitrogens with one attached hydrogen (secondary N) is 1. The Morgan fingerprint density at radius 1 is 1.22 bits per heavy atom. The van der Waals surface area contributed by atoms with Gasteiger partial charge in [-0.05, 0) is 13.0 Å². The molecule has 116 valence electrons. The van der Waals surface area contributed by atoms with Gasteiger partial charge in [-0.2, -0.15) is 0 Å². The van der Waals surface area contributed by atoms with Crippen LogP contribution in [0.2, 0.25) is 0 Å². The zero-order chi connectivity index (χ0) is 16.2. The van der Waals surface area contributed by atoms with Crippen molar-refractivity contribution in [3.8, 4) is 5.88 Å². The Hall–Kier alpha value is -2.99. The number of amides is 1. The predicted molar refractivity (Wildman–Crippen MR) is 87.1 cm³/mol. The number of benzene rings is 1. The van der Waals surface area contributed by atoms with E-state index >= 15 is 0 Å². The van der Waals surface area contributed by atoms with Crippen LogP contribution in [0.5, 0.6) is 5.88 Å². The molecule has 0 aliphatic carbocycles. The Morgan fingerprint density at radius 3 is 2.61 bits per heavy atom. The summed E-state index contributed by atoms with van der Waals surface area (Å²) in [5.74, 6) is 5.13. The Morgan fingerprint density at radius 2 is 2.00 bits per heavy atom. The molecule has 1 aliphatic heterocycles. The molecule has 2 heterocycles. The van der Waals surface area contributed by atoms with Crippen LogP contribution in [0, 0.1) is 0 Å². The van der Waals surface area contributed by atoms with E-state index in [4.69, 9.17) is 10.6 Å². The van der Waals surface area contributed by atoms with Crippen molar-refractivity contribution in [2.75, 3.05) is 6.61 Å². The number of hydrogen-bond acceptors (Lipinski definition) is 5. The third kappa shape index (κ3) is 3.12. The number of rotatable bonds is 5. The van der Waals surface area contributed by atoms with Crippen LogP contribution in [0.1, 0.15) is 22.8 Å². The first kappa shape index (κ1) is 14.9. The maximum Gasteiger partial charge on any atom is 0.266 e. The third-order valence-electron chi connectivity index (χ3n) is 3.54. The van der Waals surface area contributed by atoms with Gasteiger partial charge in [-0.3, -0.25) is 15.2 Å². The number of carbonyl (C=O) groups excluding carboxylic acids is 1. The molecule has 0 saturated carbocycles. The number of hydrazine groups is 1. The predicted octanol–water partition coefficient (Wildman–Crippen LogP) is 1.84. The molecule has 1 amide bonds. The van der Waals surface area contributed by atoms with Crippen molar-refractivity contribution in [2.45, 2.75) is 6.92 Å². The summed E-state index contributed by atoms with van der Waals surface area (Å²) in [5, 5.41) is 0. The van der Waals surface area contributed by atoms with Crippen LogP contribution in [0.4, 0.5) is 0 Å². The second-order valence-electron chi connectivity index (χ2n) is 5.04. The molecule has 23 heavy (non-hydrogen) atoms. The van der Waals surface area contributed by atoms with Gasteiger partial charge in [0.2, 0.25) is 5.88 Å².